The van der Waals surface area contributed by atoms with Gasteiger partial charge in [-0.1, -0.05) is 13.8 Å². The fourth-order valence-corrected chi connectivity index (χ4v) is 7.65. The highest BCUT2D eigenvalue weighted by molar-refractivity contribution is 5.98. The molecule has 0 aliphatic carbocycles. The van der Waals surface area contributed by atoms with E-state index in [0.29, 0.717) is 29.1 Å². The van der Waals surface area contributed by atoms with E-state index in [2.05, 4.69) is 0 Å². The zero-order valence-electron chi connectivity index (χ0n) is 28.1. The Morgan fingerprint density at radius 1 is 0.902 bits per heavy atom. The second kappa shape index (κ2) is 12.4. The van der Waals surface area contributed by atoms with Crippen LogP contribution in [0.3, 0.4) is 0 Å². The summed E-state index contributed by atoms with van der Waals surface area (Å²) in [6, 6.07) is 6.44. The van der Waals surface area contributed by atoms with Gasteiger partial charge in [0.25, 0.3) is 5.56 Å². The second-order valence-electron chi connectivity index (χ2n) is 13.4. The third kappa shape index (κ3) is 5.27. The summed E-state index contributed by atoms with van der Waals surface area (Å²) in [5, 5.41) is 30.8. The number of amides is 3. The smallest absolute Gasteiger partial charge is 0.415 e. The highest BCUT2D eigenvalue weighted by Gasteiger charge is 2.50. The summed E-state index contributed by atoms with van der Waals surface area (Å²) in [6.07, 6.45) is -0.339. The van der Waals surface area contributed by atoms with Gasteiger partial charge < -0.3 is 44.1 Å². The maximum Gasteiger partial charge on any atom is 0.415 e. The van der Waals surface area contributed by atoms with Gasteiger partial charge in [-0.2, -0.15) is 0 Å². The van der Waals surface area contributed by atoms with Crippen molar-refractivity contribution in [2.24, 2.45) is 5.41 Å². The summed E-state index contributed by atoms with van der Waals surface area (Å²) in [6.45, 7) is 4.51. The Bertz CT molecular complexity index is 2060. The number of pyridine rings is 2. The van der Waals surface area contributed by atoms with Gasteiger partial charge in [0.1, 0.15) is 12.4 Å². The highest BCUT2D eigenvalue weighted by Crippen LogP contribution is 2.41. The standard InChI is InChI=1S/C35H37N5O11/c1-3-20-21-15-19(51-33(48)39-13-11-38(12-14-39)32(47)37-9-7-34(8-10-37,29(42)43)30(44)45)5-6-25(21)36-27-22(20)17-40-26(27)16-24-23(28(40)41)18-50-31(46)35(24,49)4-2/h5-6,15-16,49H,3-4,7-14,17-18H2,1-2H3,(H,42,43)(H,44,45)/t35-/m0/s1. The fraction of sp³-hybridized carbons (Fsp3) is 0.457. The number of esters is 1. The number of carboxylic acids is 2. The summed E-state index contributed by atoms with van der Waals surface area (Å²) in [4.78, 5) is 85.1. The molecule has 0 radical (unpaired) electrons. The second-order valence-corrected chi connectivity index (χ2v) is 13.4. The van der Waals surface area contributed by atoms with Gasteiger partial charge in [0, 0.05) is 55.8 Å². The molecule has 16 nitrogen and oxygen atoms in total. The molecule has 2 fully saturated rings. The summed E-state index contributed by atoms with van der Waals surface area (Å²) < 4.78 is 12.5. The van der Waals surface area contributed by atoms with Gasteiger partial charge in [0.05, 0.1) is 29.0 Å². The van der Waals surface area contributed by atoms with Crippen LogP contribution in [0.15, 0.2) is 29.1 Å². The third-order valence-corrected chi connectivity index (χ3v) is 10.9. The summed E-state index contributed by atoms with van der Waals surface area (Å²) >= 11 is 0. The number of carbonyl (C=O) groups is 5. The number of fused-ring (bicyclic) bond motifs is 5. The molecule has 4 aliphatic rings. The number of urea groups is 1. The average Bonchev–Trinajstić information content (AvgIpc) is 3.50. The van der Waals surface area contributed by atoms with Crippen LogP contribution in [0.25, 0.3) is 22.3 Å². The first-order valence-electron chi connectivity index (χ1n) is 16.9. The number of nitrogens with zero attached hydrogens (tertiary/aromatic N) is 5. The first kappa shape index (κ1) is 34.0. The fourth-order valence-electron chi connectivity index (χ4n) is 7.65. The van der Waals surface area contributed by atoms with Crippen molar-refractivity contribution in [3.8, 4) is 17.1 Å². The van der Waals surface area contributed by atoms with E-state index in [-0.39, 0.29) is 94.4 Å². The van der Waals surface area contributed by atoms with E-state index in [9.17, 15) is 44.1 Å². The van der Waals surface area contributed by atoms with Crippen molar-refractivity contribution in [2.75, 3.05) is 39.3 Å². The minimum absolute atomic E-state index is 0.00253. The van der Waals surface area contributed by atoms with Crippen LogP contribution >= 0.6 is 0 Å². The SMILES string of the molecule is CCc1c2c(nc3ccc(OC(=O)N4CCN(C(=O)N5CCC(C(=O)O)(C(=O)O)CC5)CC4)cc13)-c1cc3c(c(=O)n1C2)COC(=O)[C@]3(O)CC. The molecule has 2 aromatic heterocycles. The first-order chi connectivity index (χ1) is 24.3. The molecule has 0 spiro atoms. The molecule has 3 amide bonds. The Morgan fingerprint density at radius 3 is 2.18 bits per heavy atom. The van der Waals surface area contributed by atoms with Crippen molar-refractivity contribution in [3.05, 3.63) is 56.9 Å². The van der Waals surface area contributed by atoms with E-state index < -0.39 is 35.0 Å². The molecule has 4 aliphatic heterocycles. The normalized spacial score (nSPS) is 20.7. The number of hydrogen-bond donors (Lipinski definition) is 3. The van der Waals surface area contributed by atoms with E-state index in [1.807, 2.05) is 6.92 Å². The van der Waals surface area contributed by atoms with Gasteiger partial charge in [0.15, 0.2) is 11.0 Å². The van der Waals surface area contributed by atoms with E-state index in [1.54, 1.807) is 40.7 Å². The maximum atomic E-state index is 13.6. The number of aliphatic hydroxyl groups is 1. The van der Waals surface area contributed by atoms with Crippen LogP contribution in [-0.4, -0.2) is 109 Å². The number of piperidine rings is 1. The van der Waals surface area contributed by atoms with Crippen molar-refractivity contribution < 1.29 is 48.8 Å². The van der Waals surface area contributed by atoms with Crippen LogP contribution in [0, 0.1) is 5.41 Å². The molecule has 3 N–H and O–H groups in total. The molecule has 7 rings (SSSR count). The number of rotatable bonds is 5. The lowest BCUT2D eigenvalue weighted by atomic mass is 9.78. The number of ether oxygens (including phenoxy) is 2. The Morgan fingerprint density at radius 2 is 1.55 bits per heavy atom. The van der Waals surface area contributed by atoms with Gasteiger partial charge in [-0.05, 0) is 55.5 Å². The predicted octanol–water partition coefficient (Wildman–Crippen LogP) is 2.13. The van der Waals surface area contributed by atoms with E-state index in [4.69, 9.17) is 14.5 Å². The molecule has 51 heavy (non-hydrogen) atoms. The largest absolute Gasteiger partial charge is 0.480 e. The first-order valence-corrected chi connectivity index (χ1v) is 16.9. The van der Waals surface area contributed by atoms with Crippen LogP contribution in [0.4, 0.5) is 9.59 Å². The van der Waals surface area contributed by atoms with Gasteiger partial charge >= 0.3 is 30.0 Å². The third-order valence-electron chi connectivity index (χ3n) is 10.9. The summed E-state index contributed by atoms with van der Waals surface area (Å²) in [5.41, 5.74) is -0.244. The van der Waals surface area contributed by atoms with Crippen molar-refractivity contribution in [1.29, 1.82) is 0 Å². The van der Waals surface area contributed by atoms with Crippen LogP contribution in [0.2, 0.25) is 0 Å². The quantitative estimate of drug-likeness (QED) is 0.202. The Labute approximate surface area is 290 Å². The van der Waals surface area contributed by atoms with Gasteiger partial charge in [-0.15, -0.1) is 0 Å². The monoisotopic (exact) mass is 703 g/mol. The predicted molar refractivity (Wildman–Crippen MR) is 177 cm³/mol. The Kier molecular flexibility index (Phi) is 8.23. The van der Waals surface area contributed by atoms with Crippen molar-refractivity contribution in [3.63, 3.8) is 0 Å². The molecule has 2 saturated heterocycles. The molecular formula is C35H37N5O11. The van der Waals surface area contributed by atoms with Crippen molar-refractivity contribution in [1.82, 2.24) is 24.3 Å². The minimum Gasteiger partial charge on any atom is -0.480 e. The minimum atomic E-state index is -1.93. The molecule has 1 aromatic carbocycles. The van der Waals surface area contributed by atoms with Crippen LogP contribution in [0.5, 0.6) is 5.75 Å². The zero-order valence-corrected chi connectivity index (χ0v) is 28.1. The lowest BCUT2D eigenvalue weighted by Crippen LogP contribution is -2.57. The number of cyclic esters (lactones) is 1. The van der Waals surface area contributed by atoms with E-state index in [1.165, 1.54) is 9.80 Å². The molecule has 1 atom stereocenters. The number of aliphatic carboxylic acids is 2. The Hall–Kier alpha value is -5.51. The van der Waals surface area contributed by atoms with Crippen LogP contribution in [0.1, 0.15) is 55.4 Å². The highest BCUT2D eigenvalue weighted by atomic mass is 16.6. The van der Waals surface area contributed by atoms with Crippen LogP contribution in [-0.2, 0) is 44.3 Å². The molecule has 0 bridgehead atoms. The number of carboxylic acid groups (broad SMARTS) is 2. The summed E-state index contributed by atoms with van der Waals surface area (Å²) in [5.74, 6) is -3.31. The lowest BCUT2D eigenvalue weighted by molar-refractivity contribution is -0.172. The molecule has 6 heterocycles. The van der Waals surface area contributed by atoms with Gasteiger partial charge in [-0.25, -0.2) is 19.4 Å². The maximum absolute atomic E-state index is 13.6. The van der Waals surface area contributed by atoms with Crippen molar-refractivity contribution >= 4 is 40.9 Å². The zero-order chi connectivity index (χ0) is 36.4. The summed E-state index contributed by atoms with van der Waals surface area (Å²) in [7, 11) is 0. The van der Waals surface area contributed by atoms with Crippen LogP contribution < -0.4 is 10.3 Å². The molecule has 16 heteroatoms. The molecule has 0 saturated carbocycles. The van der Waals surface area contributed by atoms with E-state index in [0.717, 1.165) is 16.5 Å². The molecule has 3 aromatic rings. The van der Waals surface area contributed by atoms with Crippen molar-refractivity contribution in [2.45, 2.75) is 58.3 Å². The Balaban J connectivity index is 1.05. The number of aromatic nitrogens is 2. The number of aryl methyl sites for hydroxylation is 1. The lowest BCUT2D eigenvalue weighted by Gasteiger charge is -2.40. The molecule has 0 unspecified atom stereocenters. The van der Waals surface area contributed by atoms with Gasteiger partial charge in [-0.3, -0.25) is 14.4 Å². The van der Waals surface area contributed by atoms with E-state index >= 15 is 0 Å². The average molecular weight is 704 g/mol. The number of benzene rings is 1. The molecular weight excluding hydrogens is 666 g/mol. The molecule has 268 valence electrons. The number of likely N-dealkylation sites (tertiary alicyclic amines) is 1. The van der Waals surface area contributed by atoms with Gasteiger partial charge in [0.2, 0.25) is 0 Å². The number of carbonyl (C=O) groups excluding carboxylic acids is 3. The topological polar surface area (TPSA) is 209 Å². The number of hydrogen-bond acceptors (Lipinski definition) is 10. The number of piperazine rings is 1.